The van der Waals surface area contributed by atoms with E-state index in [2.05, 4.69) is 17.0 Å². The molecule has 1 atom stereocenters. The molecular formula is C11H17N3O2. The number of rotatable bonds is 3. The summed E-state index contributed by atoms with van der Waals surface area (Å²) in [4.78, 5) is 12.9. The van der Waals surface area contributed by atoms with E-state index in [9.17, 15) is 4.79 Å². The van der Waals surface area contributed by atoms with Crippen LogP contribution in [0.4, 0.5) is 0 Å². The molecule has 1 unspecified atom stereocenters. The predicted octanol–water partition coefficient (Wildman–Crippen LogP) is 1.04. The molecule has 0 radical (unpaired) electrons. The summed E-state index contributed by atoms with van der Waals surface area (Å²) >= 11 is 0. The van der Waals surface area contributed by atoms with Gasteiger partial charge in [0.25, 0.3) is 0 Å². The summed E-state index contributed by atoms with van der Waals surface area (Å²) in [6.45, 7) is 3.02. The van der Waals surface area contributed by atoms with Gasteiger partial charge in [0.15, 0.2) is 0 Å². The molecule has 0 amide bonds. The van der Waals surface area contributed by atoms with Crippen molar-refractivity contribution in [2.75, 3.05) is 13.6 Å². The molecule has 16 heavy (non-hydrogen) atoms. The number of hydrogen-bond donors (Lipinski definition) is 1. The highest BCUT2D eigenvalue weighted by atomic mass is 16.4. The van der Waals surface area contributed by atoms with E-state index in [-0.39, 0.29) is 6.42 Å². The zero-order valence-electron chi connectivity index (χ0n) is 9.68. The van der Waals surface area contributed by atoms with Crippen molar-refractivity contribution in [3.63, 3.8) is 0 Å². The quantitative estimate of drug-likeness (QED) is 0.832. The first-order chi connectivity index (χ1) is 7.59. The van der Waals surface area contributed by atoms with Gasteiger partial charge in [0.05, 0.1) is 12.6 Å². The van der Waals surface area contributed by atoms with Crippen LogP contribution in [0.2, 0.25) is 0 Å². The lowest BCUT2D eigenvalue weighted by atomic mass is 10.2. The van der Waals surface area contributed by atoms with Crippen molar-refractivity contribution in [2.24, 2.45) is 0 Å². The van der Waals surface area contributed by atoms with Crippen molar-refractivity contribution in [2.45, 2.75) is 32.4 Å². The number of carbonyl (C=O) groups is 1. The Labute approximate surface area is 94.7 Å². The minimum absolute atomic E-state index is 0.0578. The summed E-state index contributed by atoms with van der Waals surface area (Å²) in [5, 5.41) is 13.1. The first-order valence-corrected chi connectivity index (χ1v) is 5.54. The monoisotopic (exact) mass is 223 g/mol. The fourth-order valence-electron chi connectivity index (χ4n) is 2.30. The Morgan fingerprint density at radius 1 is 1.69 bits per heavy atom. The molecule has 1 aliphatic heterocycles. The lowest BCUT2D eigenvalue weighted by molar-refractivity contribution is -0.136. The SMILES string of the molecule is Cc1c(CC(=O)O)cnn1C1CCCN1C. The molecule has 0 aliphatic carbocycles. The molecular weight excluding hydrogens is 206 g/mol. The maximum atomic E-state index is 10.7. The summed E-state index contributed by atoms with van der Waals surface area (Å²) < 4.78 is 1.95. The highest BCUT2D eigenvalue weighted by Crippen LogP contribution is 2.26. The second-order valence-corrected chi connectivity index (χ2v) is 4.37. The topological polar surface area (TPSA) is 58.4 Å². The van der Waals surface area contributed by atoms with Gasteiger partial charge in [-0.1, -0.05) is 0 Å². The number of carboxylic acids is 1. The second-order valence-electron chi connectivity index (χ2n) is 4.37. The van der Waals surface area contributed by atoms with Crippen molar-refractivity contribution in [3.05, 3.63) is 17.5 Å². The molecule has 0 spiro atoms. The van der Waals surface area contributed by atoms with Crippen molar-refractivity contribution in [1.82, 2.24) is 14.7 Å². The molecule has 2 heterocycles. The van der Waals surface area contributed by atoms with Gasteiger partial charge in [-0.25, -0.2) is 0 Å². The maximum absolute atomic E-state index is 10.7. The number of hydrogen-bond acceptors (Lipinski definition) is 3. The third-order valence-corrected chi connectivity index (χ3v) is 3.25. The van der Waals surface area contributed by atoms with Crippen LogP contribution in [-0.4, -0.2) is 39.3 Å². The Kier molecular flexibility index (Phi) is 2.96. The molecule has 2 rings (SSSR count). The van der Waals surface area contributed by atoms with Crippen LogP contribution in [-0.2, 0) is 11.2 Å². The molecule has 5 nitrogen and oxygen atoms in total. The van der Waals surface area contributed by atoms with Crippen LogP contribution in [0.1, 0.15) is 30.3 Å². The van der Waals surface area contributed by atoms with E-state index >= 15 is 0 Å². The van der Waals surface area contributed by atoms with Crippen molar-refractivity contribution in [3.8, 4) is 0 Å². The van der Waals surface area contributed by atoms with Gasteiger partial charge >= 0.3 is 5.97 Å². The van der Waals surface area contributed by atoms with Gasteiger partial charge in [-0.15, -0.1) is 0 Å². The Morgan fingerprint density at radius 3 is 3.00 bits per heavy atom. The highest BCUT2D eigenvalue weighted by Gasteiger charge is 2.25. The Balaban J connectivity index is 2.22. The molecule has 1 aliphatic rings. The average Bonchev–Trinajstić information content (AvgIpc) is 2.75. The molecule has 0 bridgehead atoms. The summed E-state index contributed by atoms with van der Waals surface area (Å²) in [6, 6.07) is 0. The van der Waals surface area contributed by atoms with E-state index in [0.29, 0.717) is 6.17 Å². The Hall–Kier alpha value is -1.36. The lowest BCUT2D eigenvalue weighted by Crippen LogP contribution is -2.24. The fourth-order valence-corrected chi connectivity index (χ4v) is 2.30. The van der Waals surface area contributed by atoms with E-state index in [0.717, 1.165) is 24.2 Å². The average molecular weight is 223 g/mol. The normalized spacial score (nSPS) is 21.5. The van der Waals surface area contributed by atoms with Crippen molar-refractivity contribution < 1.29 is 9.90 Å². The van der Waals surface area contributed by atoms with E-state index < -0.39 is 5.97 Å². The predicted molar refractivity (Wildman–Crippen MR) is 59.2 cm³/mol. The minimum atomic E-state index is -0.803. The molecule has 0 aromatic carbocycles. The number of nitrogens with zero attached hydrogens (tertiary/aromatic N) is 3. The van der Waals surface area contributed by atoms with Crippen molar-refractivity contribution in [1.29, 1.82) is 0 Å². The Bertz CT molecular complexity index is 400. The van der Waals surface area contributed by atoms with Crippen LogP contribution in [0.5, 0.6) is 0 Å². The molecule has 0 saturated carbocycles. The van der Waals surface area contributed by atoms with E-state index in [1.807, 2.05) is 11.6 Å². The van der Waals surface area contributed by atoms with Gasteiger partial charge in [0.1, 0.15) is 6.17 Å². The van der Waals surface area contributed by atoms with Gasteiger partial charge in [0.2, 0.25) is 0 Å². The van der Waals surface area contributed by atoms with Crippen molar-refractivity contribution >= 4 is 5.97 Å². The van der Waals surface area contributed by atoms with Crippen LogP contribution in [0.15, 0.2) is 6.20 Å². The van der Waals surface area contributed by atoms with Crippen LogP contribution in [0, 0.1) is 6.92 Å². The number of likely N-dealkylation sites (tertiary alicyclic amines) is 1. The largest absolute Gasteiger partial charge is 0.481 e. The summed E-state index contributed by atoms with van der Waals surface area (Å²) in [5.74, 6) is -0.803. The molecule has 1 saturated heterocycles. The second kappa shape index (κ2) is 4.25. The van der Waals surface area contributed by atoms with Gasteiger partial charge in [-0.05, 0) is 33.4 Å². The van der Waals surface area contributed by atoms with Gasteiger partial charge < -0.3 is 5.11 Å². The summed E-state index contributed by atoms with van der Waals surface area (Å²) in [7, 11) is 2.08. The molecule has 1 N–H and O–H groups in total. The van der Waals surface area contributed by atoms with Crippen LogP contribution >= 0.6 is 0 Å². The molecule has 88 valence electrons. The van der Waals surface area contributed by atoms with Gasteiger partial charge in [-0.2, -0.15) is 5.10 Å². The van der Waals surface area contributed by atoms with Crippen LogP contribution in [0.25, 0.3) is 0 Å². The summed E-state index contributed by atoms with van der Waals surface area (Å²) in [6.07, 6.45) is 4.29. The first-order valence-electron chi connectivity index (χ1n) is 5.54. The number of carboxylic acid groups (broad SMARTS) is 1. The highest BCUT2D eigenvalue weighted by molar-refractivity contribution is 5.70. The zero-order chi connectivity index (χ0) is 11.7. The molecule has 1 fully saturated rings. The van der Waals surface area contributed by atoms with Gasteiger partial charge in [0, 0.05) is 11.3 Å². The Morgan fingerprint density at radius 2 is 2.44 bits per heavy atom. The first kappa shape index (κ1) is 11.1. The smallest absolute Gasteiger partial charge is 0.307 e. The standard InChI is InChI=1S/C11H17N3O2/c1-8-9(6-11(15)16)7-12-14(8)10-4-3-5-13(10)2/h7,10H,3-6H2,1-2H3,(H,15,16). The van der Waals surface area contributed by atoms with E-state index in [4.69, 9.17) is 5.11 Å². The minimum Gasteiger partial charge on any atom is -0.481 e. The molecule has 1 aromatic rings. The maximum Gasteiger partial charge on any atom is 0.307 e. The third-order valence-electron chi connectivity index (χ3n) is 3.25. The van der Waals surface area contributed by atoms with Crippen LogP contribution in [0.3, 0.4) is 0 Å². The van der Waals surface area contributed by atoms with Gasteiger partial charge in [-0.3, -0.25) is 14.4 Å². The number of aromatic nitrogens is 2. The lowest BCUT2D eigenvalue weighted by Gasteiger charge is -2.21. The van der Waals surface area contributed by atoms with Crippen LogP contribution < -0.4 is 0 Å². The van der Waals surface area contributed by atoms with E-state index in [1.54, 1.807) is 6.20 Å². The molecule has 5 heteroatoms. The van der Waals surface area contributed by atoms with E-state index in [1.165, 1.54) is 6.42 Å². The third kappa shape index (κ3) is 1.95. The fraction of sp³-hybridized carbons (Fsp3) is 0.636. The summed E-state index contributed by atoms with van der Waals surface area (Å²) in [5.41, 5.74) is 1.79. The zero-order valence-corrected chi connectivity index (χ0v) is 9.68. The molecule has 1 aromatic heterocycles. The number of aliphatic carboxylic acids is 1.